The van der Waals surface area contributed by atoms with Crippen LogP contribution in [0.2, 0.25) is 5.02 Å². The standard InChI is InChI=1S/C13H10ClNO4/c14-10-3-1-2-8(5-10)4-9-6-11(16)15(13(9)19)7-12(17)18/h1-5H,6-7H2,(H,17,18)/b9-4+. The average Bonchev–Trinajstić information content (AvgIpc) is 2.57. The number of carboxylic acid groups (broad SMARTS) is 1. The van der Waals surface area contributed by atoms with Gasteiger partial charge in [-0.15, -0.1) is 0 Å². The highest BCUT2D eigenvalue weighted by atomic mass is 35.5. The first-order valence-electron chi connectivity index (χ1n) is 5.50. The monoisotopic (exact) mass is 279 g/mol. The molecule has 0 unspecified atom stereocenters. The van der Waals surface area contributed by atoms with E-state index in [1.54, 1.807) is 30.3 Å². The van der Waals surface area contributed by atoms with Gasteiger partial charge in [0.15, 0.2) is 0 Å². The molecule has 0 aliphatic carbocycles. The molecule has 0 spiro atoms. The number of amides is 2. The normalized spacial score (nSPS) is 17.3. The van der Waals surface area contributed by atoms with Gasteiger partial charge in [-0.3, -0.25) is 19.3 Å². The van der Waals surface area contributed by atoms with E-state index in [1.807, 2.05) is 0 Å². The number of likely N-dealkylation sites (tertiary alicyclic amines) is 1. The predicted octanol–water partition coefficient (Wildman–Crippen LogP) is 1.57. The Kier molecular flexibility index (Phi) is 3.66. The third kappa shape index (κ3) is 3.00. The number of halogens is 1. The van der Waals surface area contributed by atoms with E-state index in [9.17, 15) is 14.4 Å². The van der Waals surface area contributed by atoms with Crippen LogP contribution < -0.4 is 0 Å². The summed E-state index contributed by atoms with van der Waals surface area (Å²) in [6.07, 6.45) is 1.46. The Bertz CT molecular complexity index is 594. The quantitative estimate of drug-likeness (QED) is 0.673. The Morgan fingerprint density at radius 3 is 2.79 bits per heavy atom. The first-order chi connectivity index (χ1) is 8.97. The van der Waals surface area contributed by atoms with Crippen molar-refractivity contribution in [3.8, 4) is 0 Å². The molecule has 1 N–H and O–H groups in total. The Hall–Kier alpha value is -2.14. The Balaban J connectivity index is 2.25. The molecule has 1 aromatic rings. The minimum absolute atomic E-state index is 0.0847. The molecule has 0 atom stereocenters. The second-order valence-electron chi connectivity index (χ2n) is 4.08. The second-order valence-corrected chi connectivity index (χ2v) is 4.52. The van der Waals surface area contributed by atoms with Gasteiger partial charge in [0.2, 0.25) is 5.91 Å². The number of nitrogens with zero attached hydrogens (tertiary/aromatic N) is 1. The minimum Gasteiger partial charge on any atom is -0.480 e. The van der Waals surface area contributed by atoms with Crippen LogP contribution in [-0.4, -0.2) is 34.3 Å². The molecule has 1 aliphatic heterocycles. The van der Waals surface area contributed by atoms with Gasteiger partial charge >= 0.3 is 5.97 Å². The van der Waals surface area contributed by atoms with E-state index in [4.69, 9.17) is 16.7 Å². The third-order valence-electron chi connectivity index (χ3n) is 2.65. The molecule has 0 aromatic heterocycles. The summed E-state index contributed by atoms with van der Waals surface area (Å²) < 4.78 is 0. The van der Waals surface area contributed by atoms with E-state index in [1.165, 1.54) is 0 Å². The van der Waals surface area contributed by atoms with E-state index in [0.29, 0.717) is 10.6 Å². The van der Waals surface area contributed by atoms with Crippen LogP contribution in [-0.2, 0) is 14.4 Å². The molecule has 1 saturated heterocycles. The van der Waals surface area contributed by atoms with Crippen molar-refractivity contribution in [3.05, 3.63) is 40.4 Å². The average molecular weight is 280 g/mol. The Morgan fingerprint density at radius 1 is 1.42 bits per heavy atom. The van der Waals surface area contributed by atoms with E-state index in [0.717, 1.165) is 4.90 Å². The molecule has 5 nitrogen and oxygen atoms in total. The molecule has 1 aromatic carbocycles. The number of rotatable bonds is 3. The topological polar surface area (TPSA) is 74.7 Å². The maximum absolute atomic E-state index is 11.9. The fourth-order valence-corrected chi connectivity index (χ4v) is 2.02. The van der Waals surface area contributed by atoms with Gasteiger partial charge in [0.1, 0.15) is 6.54 Å². The lowest BCUT2D eigenvalue weighted by atomic mass is 10.1. The van der Waals surface area contributed by atoms with Gasteiger partial charge < -0.3 is 5.11 Å². The summed E-state index contributed by atoms with van der Waals surface area (Å²) in [5.41, 5.74) is 0.967. The zero-order chi connectivity index (χ0) is 14.0. The summed E-state index contributed by atoms with van der Waals surface area (Å²) in [4.78, 5) is 34.8. The molecule has 6 heteroatoms. The molecule has 19 heavy (non-hydrogen) atoms. The van der Waals surface area contributed by atoms with Crippen molar-refractivity contribution < 1.29 is 19.5 Å². The van der Waals surface area contributed by atoms with Crippen molar-refractivity contribution in [2.45, 2.75) is 6.42 Å². The molecule has 0 radical (unpaired) electrons. The Morgan fingerprint density at radius 2 is 2.16 bits per heavy atom. The lowest BCUT2D eigenvalue weighted by Crippen LogP contribution is -2.34. The first kappa shape index (κ1) is 13.3. The Labute approximate surface area is 114 Å². The number of carboxylic acids is 1. The van der Waals surface area contributed by atoms with Crippen LogP contribution >= 0.6 is 11.6 Å². The van der Waals surface area contributed by atoms with Gasteiger partial charge in [-0.05, 0) is 23.8 Å². The van der Waals surface area contributed by atoms with Crippen molar-refractivity contribution in [2.24, 2.45) is 0 Å². The number of hydrogen-bond acceptors (Lipinski definition) is 3. The molecule has 2 rings (SSSR count). The smallest absolute Gasteiger partial charge is 0.323 e. The fraction of sp³-hybridized carbons (Fsp3) is 0.154. The highest BCUT2D eigenvalue weighted by Crippen LogP contribution is 2.22. The SMILES string of the molecule is O=C(O)CN1C(=O)C/C(=C\c2cccc(Cl)c2)C1=O. The van der Waals surface area contributed by atoms with E-state index >= 15 is 0 Å². The summed E-state index contributed by atoms with van der Waals surface area (Å²) >= 11 is 5.82. The largest absolute Gasteiger partial charge is 0.480 e. The predicted molar refractivity (Wildman–Crippen MR) is 68.4 cm³/mol. The lowest BCUT2D eigenvalue weighted by molar-refractivity contribution is -0.148. The maximum Gasteiger partial charge on any atom is 0.323 e. The number of benzene rings is 1. The summed E-state index contributed by atoms with van der Waals surface area (Å²) in [6.45, 7) is -0.607. The van der Waals surface area contributed by atoms with Crippen molar-refractivity contribution in [1.29, 1.82) is 0 Å². The first-order valence-corrected chi connectivity index (χ1v) is 5.88. The van der Waals surface area contributed by atoms with Crippen LogP contribution in [0.15, 0.2) is 29.8 Å². The van der Waals surface area contributed by atoms with Crippen molar-refractivity contribution >= 4 is 35.5 Å². The molecular formula is C13H10ClNO4. The molecule has 0 saturated carbocycles. The summed E-state index contributed by atoms with van der Waals surface area (Å²) in [6, 6.07) is 6.83. The number of carbonyl (C=O) groups excluding carboxylic acids is 2. The summed E-state index contributed by atoms with van der Waals surface area (Å²) in [5.74, 6) is -2.28. The zero-order valence-electron chi connectivity index (χ0n) is 9.80. The highest BCUT2D eigenvalue weighted by molar-refractivity contribution is 6.30. The fourth-order valence-electron chi connectivity index (χ4n) is 1.83. The molecular weight excluding hydrogens is 270 g/mol. The number of aliphatic carboxylic acids is 1. The van der Waals surface area contributed by atoms with E-state index in [-0.39, 0.29) is 12.0 Å². The van der Waals surface area contributed by atoms with Crippen LogP contribution in [0, 0.1) is 0 Å². The van der Waals surface area contributed by atoms with Gasteiger partial charge in [-0.25, -0.2) is 0 Å². The molecule has 1 fully saturated rings. The van der Waals surface area contributed by atoms with Gasteiger partial charge in [-0.2, -0.15) is 0 Å². The number of imide groups is 1. The summed E-state index contributed by atoms with van der Waals surface area (Å²) in [7, 11) is 0. The van der Waals surface area contributed by atoms with E-state index < -0.39 is 24.3 Å². The minimum atomic E-state index is -1.22. The lowest BCUT2D eigenvalue weighted by Gasteiger charge is -2.09. The van der Waals surface area contributed by atoms with Gasteiger partial charge in [0.05, 0.1) is 6.42 Å². The maximum atomic E-state index is 11.9. The van der Waals surface area contributed by atoms with Gasteiger partial charge in [0.25, 0.3) is 5.91 Å². The van der Waals surface area contributed by atoms with Crippen LogP contribution in [0.25, 0.3) is 6.08 Å². The van der Waals surface area contributed by atoms with Crippen molar-refractivity contribution in [2.75, 3.05) is 6.54 Å². The van der Waals surface area contributed by atoms with Crippen LogP contribution in [0.5, 0.6) is 0 Å². The molecule has 1 aliphatic rings. The molecule has 1 heterocycles. The van der Waals surface area contributed by atoms with Crippen molar-refractivity contribution in [3.63, 3.8) is 0 Å². The molecule has 0 bridgehead atoms. The highest BCUT2D eigenvalue weighted by Gasteiger charge is 2.34. The van der Waals surface area contributed by atoms with Crippen LogP contribution in [0.3, 0.4) is 0 Å². The molecule has 2 amide bonds. The summed E-state index contributed by atoms with van der Waals surface area (Å²) in [5, 5.41) is 9.16. The number of carbonyl (C=O) groups is 3. The van der Waals surface area contributed by atoms with Gasteiger partial charge in [-0.1, -0.05) is 23.7 Å². The third-order valence-corrected chi connectivity index (χ3v) is 2.88. The van der Waals surface area contributed by atoms with Crippen LogP contribution in [0.4, 0.5) is 0 Å². The van der Waals surface area contributed by atoms with Gasteiger partial charge in [0, 0.05) is 10.6 Å². The van der Waals surface area contributed by atoms with Crippen molar-refractivity contribution in [1.82, 2.24) is 4.90 Å². The van der Waals surface area contributed by atoms with E-state index in [2.05, 4.69) is 0 Å². The second kappa shape index (κ2) is 5.24. The van der Waals surface area contributed by atoms with Crippen LogP contribution in [0.1, 0.15) is 12.0 Å². The zero-order valence-corrected chi connectivity index (χ0v) is 10.6. The molecule has 98 valence electrons. The number of hydrogen-bond donors (Lipinski definition) is 1.